The third-order valence-corrected chi connectivity index (χ3v) is 13.7. The number of carbonyl (C=O) groups excluding carboxylic acids is 2. The van der Waals surface area contributed by atoms with Crippen molar-refractivity contribution in [1.82, 2.24) is 9.88 Å². The number of nitrogens with zero attached hydrogens (tertiary/aromatic N) is 3. The summed E-state index contributed by atoms with van der Waals surface area (Å²) in [6.45, 7) is 9.37. The number of fused-ring (bicyclic) bond motifs is 3. The molecular weight excluding hydrogens is 897 g/mol. The number of aliphatic hydroxyl groups is 3. The Labute approximate surface area is 407 Å². The molecule has 2 saturated heterocycles. The Morgan fingerprint density at radius 2 is 1.77 bits per heavy atom. The van der Waals surface area contributed by atoms with Crippen LogP contribution in [0.5, 0.6) is 0 Å². The fraction of sp³-hybridized carbons (Fsp3) is 0.720. The maximum atomic E-state index is 14.4. The number of esters is 1. The molecule has 0 amide bonds. The number of aromatic nitrogens is 1. The Hall–Kier alpha value is -3.86. The second-order valence-electron chi connectivity index (χ2n) is 18.9. The van der Waals surface area contributed by atoms with Crippen LogP contribution in [0, 0.1) is 23.7 Å². The molecule has 19 heteroatoms. The van der Waals surface area contributed by atoms with E-state index in [1.807, 2.05) is 33.8 Å². The third kappa shape index (κ3) is 15.8. The van der Waals surface area contributed by atoms with Gasteiger partial charge in [0.25, 0.3) is 6.79 Å². The van der Waals surface area contributed by atoms with Gasteiger partial charge in [-0.2, -0.15) is 0 Å². The van der Waals surface area contributed by atoms with Gasteiger partial charge >= 0.3 is 5.97 Å². The zero-order chi connectivity index (χ0) is 50.2. The maximum absolute atomic E-state index is 14.4. The molecule has 69 heavy (non-hydrogen) atoms. The van der Waals surface area contributed by atoms with Crippen molar-refractivity contribution in [2.24, 2.45) is 28.8 Å². The number of cyclic esters (lactones) is 1. The molecule has 1 aromatic rings. The number of methoxy groups -OCH3 is 2. The first-order valence-electron chi connectivity index (χ1n) is 24.2. The van der Waals surface area contributed by atoms with E-state index in [1.165, 1.54) is 13.4 Å². The number of aliphatic hydroxyl groups excluding tert-OH is 3. The Bertz CT molecular complexity index is 1880. The van der Waals surface area contributed by atoms with Gasteiger partial charge in [-0.1, -0.05) is 43.7 Å². The summed E-state index contributed by atoms with van der Waals surface area (Å²) in [7, 11) is 6.62. The Kier molecular flexibility index (Phi) is 22.5. The van der Waals surface area contributed by atoms with Crippen LogP contribution >= 0.6 is 0 Å². The first kappa shape index (κ1) is 56.1. The van der Waals surface area contributed by atoms with Crippen molar-refractivity contribution in [3.8, 4) is 0 Å². The molecule has 388 valence electrons. The SMILES string of the molecule is CC[C@H]1OC(=O)C[C@H]2OC/C(=N/OCO/C=C/c3cccnc3N)COCCC(C[C@@H](C)C(=O)/C=C/C(C)=C/[C@@H]1CO[C@@H]1CC[C@@H](O)[C@@H](OC)[C@H]1OC)[C@H](O[C@@H]1O[C@H](C)[C@@H](O)[C@H](N(C)C)[C@H]1O)[C@H]2C. The van der Waals surface area contributed by atoms with E-state index in [0.717, 1.165) is 5.57 Å². The molecule has 1 saturated carbocycles. The molecule has 19 nitrogen and oxygen atoms in total. The smallest absolute Gasteiger partial charge is 0.308 e. The van der Waals surface area contributed by atoms with Gasteiger partial charge in [-0.05, 0) is 90.2 Å². The Morgan fingerprint density at radius 3 is 2.48 bits per heavy atom. The average molecular weight is 975 g/mol. The van der Waals surface area contributed by atoms with Gasteiger partial charge in [0.05, 0.1) is 75.2 Å². The summed E-state index contributed by atoms with van der Waals surface area (Å²) in [6.07, 6.45) is 3.32. The summed E-state index contributed by atoms with van der Waals surface area (Å²) in [5.74, 6) is -2.17. The van der Waals surface area contributed by atoms with Crippen LogP contribution in [0.25, 0.3) is 6.08 Å². The minimum Gasteiger partial charge on any atom is -0.463 e. The first-order valence-corrected chi connectivity index (χ1v) is 24.2. The van der Waals surface area contributed by atoms with Crippen LogP contribution in [0.3, 0.4) is 0 Å². The predicted molar refractivity (Wildman–Crippen MR) is 255 cm³/mol. The monoisotopic (exact) mass is 975 g/mol. The van der Waals surface area contributed by atoms with Gasteiger partial charge in [0.2, 0.25) is 0 Å². The normalized spacial score (nSPS) is 37.8. The van der Waals surface area contributed by atoms with E-state index < -0.39 is 97.1 Å². The highest BCUT2D eigenvalue weighted by Crippen LogP contribution is 2.36. The van der Waals surface area contributed by atoms with E-state index in [9.17, 15) is 24.9 Å². The summed E-state index contributed by atoms with van der Waals surface area (Å²) >= 11 is 0. The Morgan fingerprint density at radius 1 is 1.00 bits per heavy atom. The van der Waals surface area contributed by atoms with Gasteiger partial charge in [-0.3, -0.25) is 9.59 Å². The number of ether oxygens (including phenoxy) is 9. The van der Waals surface area contributed by atoms with Crippen molar-refractivity contribution in [3.05, 3.63) is 54.0 Å². The average Bonchev–Trinajstić information content (AvgIpc) is 3.34. The molecule has 5 rings (SSSR count). The maximum Gasteiger partial charge on any atom is 0.308 e. The van der Waals surface area contributed by atoms with Crippen LogP contribution < -0.4 is 5.73 Å². The van der Waals surface area contributed by atoms with Crippen LogP contribution in [-0.4, -0.2) is 178 Å². The summed E-state index contributed by atoms with van der Waals surface area (Å²) < 4.78 is 55.6. The van der Waals surface area contributed by atoms with Crippen LogP contribution in [0.1, 0.15) is 78.7 Å². The van der Waals surface area contributed by atoms with Crippen molar-refractivity contribution in [2.45, 2.75) is 147 Å². The van der Waals surface area contributed by atoms with E-state index >= 15 is 0 Å². The molecular formula is C50H78N4O15. The summed E-state index contributed by atoms with van der Waals surface area (Å²) in [6, 6.07) is 2.84. The number of nitrogens with two attached hydrogens (primary N) is 1. The number of hydrogen-bond donors (Lipinski definition) is 4. The minimum absolute atomic E-state index is 0.0208. The van der Waals surface area contributed by atoms with E-state index in [2.05, 4.69) is 10.1 Å². The highest BCUT2D eigenvalue weighted by atomic mass is 16.7. The number of anilines is 1. The molecule has 4 heterocycles. The second-order valence-corrected chi connectivity index (χ2v) is 18.9. The molecule has 1 aromatic heterocycles. The quantitative estimate of drug-likeness (QED) is 0.0681. The van der Waals surface area contributed by atoms with Crippen molar-refractivity contribution in [1.29, 1.82) is 0 Å². The van der Waals surface area contributed by atoms with Crippen LogP contribution in [-0.2, 0) is 57.1 Å². The molecule has 5 N–H and O–H groups in total. The molecule has 3 fully saturated rings. The van der Waals surface area contributed by atoms with Crippen LogP contribution in [0.2, 0.25) is 0 Å². The minimum atomic E-state index is -1.26. The highest BCUT2D eigenvalue weighted by molar-refractivity contribution is 5.91. The molecule has 16 atom stereocenters. The van der Waals surface area contributed by atoms with Gasteiger partial charge in [0.15, 0.2) is 12.1 Å². The van der Waals surface area contributed by atoms with Gasteiger partial charge in [0.1, 0.15) is 35.9 Å². The molecule has 0 spiro atoms. The molecule has 0 radical (unpaired) electrons. The number of nitrogen functional groups attached to an aromatic ring is 1. The summed E-state index contributed by atoms with van der Waals surface area (Å²) in [4.78, 5) is 39.8. The largest absolute Gasteiger partial charge is 0.463 e. The topological polar surface area (TPSA) is 242 Å². The standard InChI is InChI=1S/C50H78N4O15/c1-10-39-35(25-64-40-16-15-38(56)47(60-8)48(40)61-9)22-29(2)13-14-37(55)30(3)23-34-18-20-62-26-36(53-66-28-63-21-17-33-12-11-19-52-49(33)51)27-65-41(24-42(57)68-39)31(4)46(34)69-50-45(59)43(54(6)7)44(58)32(5)67-50/h11-14,17,19,21-22,30-32,34-35,38-41,43-48,50,56,58-59H,10,15-16,18,20,23-28H2,1-9H3,(H2,51,52)/b14-13+,21-17+,29-22+,53-36+/t30-,31+,32-,34?,35-,38-,39-,40-,41-,43+,44-,45-,46-,47-,48+,50+/m1/s1. The van der Waals surface area contributed by atoms with Gasteiger partial charge in [-0.25, -0.2) is 4.98 Å². The van der Waals surface area contributed by atoms with Crippen molar-refractivity contribution in [3.63, 3.8) is 0 Å². The number of ketones is 1. The summed E-state index contributed by atoms with van der Waals surface area (Å²) in [5, 5.41) is 37.7. The van der Waals surface area contributed by atoms with Gasteiger partial charge < -0.3 is 73.4 Å². The fourth-order valence-corrected chi connectivity index (χ4v) is 9.73. The lowest BCUT2D eigenvalue weighted by atomic mass is 9.79. The lowest BCUT2D eigenvalue weighted by Gasteiger charge is -2.47. The van der Waals surface area contributed by atoms with E-state index in [1.54, 1.807) is 69.6 Å². The zero-order valence-electron chi connectivity index (χ0n) is 41.8. The van der Waals surface area contributed by atoms with Gasteiger partial charge in [-0.15, -0.1) is 0 Å². The van der Waals surface area contributed by atoms with E-state index in [0.29, 0.717) is 49.2 Å². The fourth-order valence-electron chi connectivity index (χ4n) is 9.73. The molecule has 0 aromatic carbocycles. The van der Waals surface area contributed by atoms with Crippen molar-refractivity contribution < 1.29 is 72.4 Å². The summed E-state index contributed by atoms with van der Waals surface area (Å²) in [5.41, 5.74) is 7.76. The van der Waals surface area contributed by atoms with Crippen molar-refractivity contribution >= 4 is 29.4 Å². The van der Waals surface area contributed by atoms with E-state index in [4.69, 9.17) is 53.2 Å². The van der Waals surface area contributed by atoms with Crippen LogP contribution in [0.4, 0.5) is 5.82 Å². The third-order valence-electron chi connectivity index (χ3n) is 13.7. The number of rotatable bonds is 14. The highest BCUT2D eigenvalue weighted by Gasteiger charge is 2.48. The number of likely N-dealkylation sites (N-methyl/N-ethyl adjacent to an activating group) is 1. The molecule has 4 aliphatic rings. The second kappa shape index (κ2) is 27.7. The molecule has 1 unspecified atom stereocenters. The Balaban J connectivity index is 1.47. The first-order chi connectivity index (χ1) is 33.1. The van der Waals surface area contributed by atoms with Crippen LogP contribution in [0.15, 0.2) is 53.5 Å². The van der Waals surface area contributed by atoms with Crippen molar-refractivity contribution in [2.75, 3.05) is 67.3 Å². The number of pyridine rings is 1. The molecule has 3 aliphatic heterocycles. The lowest BCUT2D eigenvalue weighted by Crippen LogP contribution is -2.63. The van der Waals surface area contributed by atoms with E-state index in [-0.39, 0.29) is 51.3 Å². The predicted octanol–water partition coefficient (Wildman–Crippen LogP) is 3.83. The zero-order valence-corrected chi connectivity index (χ0v) is 41.8. The molecule has 2 bridgehead atoms. The van der Waals surface area contributed by atoms with Gasteiger partial charge in [0, 0.05) is 50.3 Å². The number of hydrogen-bond acceptors (Lipinski definition) is 19. The number of carbonyl (C=O) groups is 2. The number of allylic oxidation sites excluding steroid dienone is 3. The lowest BCUT2D eigenvalue weighted by molar-refractivity contribution is -0.305. The molecule has 1 aliphatic carbocycles. The number of oxime groups is 1.